The lowest BCUT2D eigenvalue weighted by atomic mass is 10.1. The number of nitrogens with one attached hydrogen (secondary N) is 1. The van der Waals surface area contributed by atoms with E-state index in [-0.39, 0.29) is 11.7 Å². The average molecular weight is 464 g/mol. The molecule has 2 aromatic heterocycles. The molecule has 0 unspecified atom stereocenters. The molecule has 164 valence electrons. The van der Waals surface area contributed by atoms with Crippen LogP contribution in [0.3, 0.4) is 0 Å². The van der Waals surface area contributed by atoms with Crippen LogP contribution in [0.2, 0.25) is 5.02 Å². The third-order valence-electron chi connectivity index (χ3n) is 5.00. The van der Waals surface area contributed by atoms with E-state index in [1.54, 1.807) is 17.8 Å². The molecule has 0 atom stereocenters. The molecular formula is C21H23ClFN5O2S. The number of anilines is 1. The van der Waals surface area contributed by atoms with Gasteiger partial charge in [-0.2, -0.15) is 5.10 Å². The Hall–Kier alpha value is -2.33. The van der Waals surface area contributed by atoms with Gasteiger partial charge in [0.1, 0.15) is 16.5 Å². The maximum atomic E-state index is 13.6. The summed E-state index contributed by atoms with van der Waals surface area (Å²) in [4.78, 5) is 19.6. The van der Waals surface area contributed by atoms with Crippen LogP contribution in [-0.4, -0.2) is 51.9 Å². The second-order valence-corrected chi connectivity index (χ2v) is 8.98. The molecule has 0 bridgehead atoms. The lowest BCUT2D eigenvalue weighted by Crippen LogP contribution is -2.35. The lowest BCUT2D eigenvalue weighted by Gasteiger charge is -2.25. The summed E-state index contributed by atoms with van der Waals surface area (Å²) in [6, 6.07) is 6.24. The molecule has 1 N–H and O–H groups in total. The Morgan fingerprint density at radius 3 is 2.81 bits per heavy atom. The number of amides is 1. The molecule has 0 aliphatic carbocycles. The number of halogens is 2. The van der Waals surface area contributed by atoms with Crippen LogP contribution >= 0.6 is 22.9 Å². The van der Waals surface area contributed by atoms with E-state index in [9.17, 15) is 9.18 Å². The van der Waals surface area contributed by atoms with Gasteiger partial charge in [-0.3, -0.25) is 14.4 Å². The highest BCUT2D eigenvalue weighted by Gasteiger charge is 2.19. The first kappa shape index (κ1) is 21.9. The molecule has 3 heterocycles. The normalized spacial score (nSPS) is 14.7. The predicted octanol–water partition coefficient (Wildman–Crippen LogP) is 3.65. The number of thiazole rings is 1. The van der Waals surface area contributed by atoms with Gasteiger partial charge in [0.05, 0.1) is 29.6 Å². The van der Waals surface area contributed by atoms with E-state index in [2.05, 4.69) is 20.3 Å². The molecule has 0 saturated carbocycles. The van der Waals surface area contributed by atoms with Gasteiger partial charge in [0.2, 0.25) is 0 Å². The Balaban J connectivity index is 1.44. The van der Waals surface area contributed by atoms with Crippen molar-refractivity contribution in [1.82, 2.24) is 19.7 Å². The second kappa shape index (κ2) is 9.44. The number of nitrogens with zero attached hydrogens (tertiary/aromatic N) is 4. The van der Waals surface area contributed by atoms with Gasteiger partial charge in [-0.15, -0.1) is 11.3 Å². The topological polar surface area (TPSA) is 72.3 Å². The molecule has 1 aliphatic rings. The monoisotopic (exact) mass is 463 g/mol. The number of aromatic nitrogens is 3. The van der Waals surface area contributed by atoms with Crippen molar-refractivity contribution in [1.29, 1.82) is 0 Å². The van der Waals surface area contributed by atoms with Gasteiger partial charge >= 0.3 is 0 Å². The van der Waals surface area contributed by atoms with Crippen LogP contribution in [0.4, 0.5) is 9.39 Å². The van der Waals surface area contributed by atoms with Gasteiger partial charge in [0.25, 0.3) is 5.91 Å². The van der Waals surface area contributed by atoms with Crippen molar-refractivity contribution in [3.8, 4) is 0 Å². The summed E-state index contributed by atoms with van der Waals surface area (Å²) in [5.74, 6) is -0.622. The average Bonchev–Trinajstić information content (AvgIpc) is 3.23. The Morgan fingerprint density at radius 2 is 2.06 bits per heavy atom. The van der Waals surface area contributed by atoms with Crippen molar-refractivity contribution in [2.75, 3.05) is 31.6 Å². The fourth-order valence-electron chi connectivity index (χ4n) is 3.50. The Kier molecular flexibility index (Phi) is 6.66. The first-order valence-corrected chi connectivity index (χ1v) is 11.1. The first-order valence-electron chi connectivity index (χ1n) is 9.93. The molecule has 31 heavy (non-hydrogen) atoms. The van der Waals surface area contributed by atoms with Crippen molar-refractivity contribution in [2.45, 2.75) is 19.9 Å². The molecule has 0 spiro atoms. The SMILES string of the molecule is Cc1nc(Cc2cc(F)cc(Cl)c2)sc1NC(=O)c1cc(CN2CCOCC2)nn1C. The van der Waals surface area contributed by atoms with E-state index in [1.807, 2.05) is 13.0 Å². The van der Waals surface area contributed by atoms with E-state index in [0.29, 0.717) is 34.4 Å². The van der Waals surface area contributed by atoms with E-state index in [0.717, 1.165) is 42.6 Å². The zero-order valence-electron chi connectivity index (χ0n) is 17.3. The van der Waals surface area contributed by atoms with Crippen LogP contribution in [0.15, 0.2) is 24.3 Å². The highest BCUT2D eigenvalue weighted by atomic mass is 35.5. The zero-order chi connectivity index (χ0) is 22.0. The minimum atomic E-state index is -0.381. The zero-order valence-corrected chi connectivity index (χ0v) is 18.9. The fraction of sp³-hybridized carbons (Fsp3) is 0.381. The van der Waals surface area contributed by atoms with Gasteiger partial charge in [0, 0.05) is 38.1 Å². The van der Waals surface area contributed by atoms with Crippen molar-refractivity contribution >= 4 is 33.8 Å². The first-order chi connectivity index (χ1) is 14.9. The molecule has 1 aliphatic heterocycles. The third-order valence-corrected chi connectivity index (χ3v) is 6.29. The van der Waals surface area contributed by atoms with E-state index < -0.39 is 0 Å². The van der Waals surface area contributed by atoms with Crippen molar-refractivity contribution in [3.63, 3.8) is 0 Å². The summed E-state index contributed by atoms with van der Waals surface area (Å²) < 4.78 is 20.6. The van der Waals surface area contributed by atoms with Crippen LogP contribution in [-0.2, 0) is 24.8 Å². The lowest BCUT2D eigenvalue weighted by molar-refractivity contribution is 0.0336. The van der Waals surface area contributed by atoms with Gasteiger partial charge < -0.3 is 10.1 Å². The number of carbonyl (C=O) groups excluding carboxylic acids is 1. The van der Waals surface area contributed by atoms with E-state index in [1.165, 1.54) is 23.5 Å². The highest BCUT2D eigenvalue weighted by Crippen LogP contribution is 2.27. The smallest absolute Gasteiger partial charge is 0.274 e. The Labute approximate surface area is 188 Å². The molecule has 1 amide bonds. The number of carbonyl (C=O) groups is 1. The molecule has 1 fully saturated rings. The third kappa shape index (κ3) is 5.48. The Bertz CT molecular complexity index is 1070. The van der Waals surface area contributed by atoms with Crippen LogP contribution in [0.1, 0.15) is 32.4 Å². The number of ether oxygens (including phenoxy) is 1. The molecular weight excluding hydrogens is 441 g/mol. The van der Waals surface area contributed by atoms with Crippen LogP contribution < -0.4 is 5.32 Å². The maximum Gasteiger partial charge on any atom is 0.274 e. The van der Waals surface area contributed by atoms with Gasteiger partial charge in [0.15, 0.2) is 0 Å². The van der Waals surface area contributed by atoms with Crippen LogP contribution in [0.25, 0.3) is 0 Å². The van der Waals surface area contributed by atoms with Gasteiger partial charge in [-0.1, -0.05) is 11.6 Å². The van der Waals surface area contributed by atoms with Crippen molar-refractivity contribution in [3.05, 3.63) is 62.8 Å². The highest BCUT2D eigenvalue weighted by molar-refractivity contribution is 7.16. The predicted molar refractivity (Wildman–Crippen MR) is 118 cm³/mol. The van der Waals surface area contributed by atoms with Gasteiger partial charge in [-0.05, 0) is 36.8 Å². The summed E-state index contributed by atoms with van der Waals surface area (Å²) in [6.45, 7) is 5.67. The maximum absolute atomic E-state index is 13.6. The number of morpholine rings is 1. The summed E-state index contributed by atoms with van der Waals surface area (Å²) in [6.07, 6.45) is 0.439. The van der Waals surface area contributed by atoms with Crippen molar-refractivity contribution < 1.29 is 13.9 Å². The molecule has 1 saturated heterocycles. The number of rotatable bonds is 6. The van der Waals surface area contributed by atoms with Crippen molar-refractivity contribution in [2.24, 2.45) is 7.05 Å². The summed E-state index contributed by atoms with van der Waals surface area (Å²) in [5, 5.41) is 9.20. The molecule has 3 aromatic rings. The fourth-order valence-corrected chi connectivity index (χ4v) is 4.74. The number of hydrogen-bond acceptors (Lipinski definition) is 6. The second-order valence-electron chi connectivity index (χ2n) is 7.46. The van der Waals surface area contributed by atoms with Crippen LogP contribution in [0, 0.1) is 12.7 Å². The molecule has 10 heteroatoms. The standard InChI is InChI=1S/C21H23ClFN5O2S/c1-13-21(31-19(24-13)9-14-7-15(22)10-16(23)8-14)25-20(29)18-11-17(26-27(18)2)12-28-3-5-30-6-4-28/h7-8,10-11H,3-6,9,12H2,1-2H3,(H,25,29). The minimum Gasteiger partial charge on any atom is -0.379 e. The summed E-state index contributed by atoms with van der Waals surface area (Å²) >= 11 is 7.31. The molecule has 1 aromatic carbocycles. The van der Waals surface area contributed by atoms with E-state index >= 15 is 0 Å². The van der Waals surface area contributed by atoms with E-state index in [4.69, 9.17) is 16.3 Å². The molecule has 7 nitrogen and oxygen atoms in total. The quantitative estimate of drug-likeness (QED) is 0.604. The Morgan fingerprint density at radius 1 is 1.29 bits per heavy atom. The largest absolute Gasteiger partial charge is 0.379 e. The van der Waals surface area contributed by atoms with Crippen LogP contribution in [0.5, 0.6) is 0 Å². The number of hydrogen-bond donors (Lipinski definition) is 1. The summed E-state index contributed by atoms with van der Waals surface area (Å²) in [5.41, 5.74) is 2.77. The number of aryl methyl sites for hydroxylation is 2. The molecule has 4 rings (SSSR count). The van der Waals surface area contributed by atoms with Gasteiger partial charge in [-0.25, -0.2) is 9.37 Å². The number of benzene rings is 1. The molecule has 0 radical (unpaired) electrons. The summed E-state index contributed by atoms with van der Waals surface area (Å²) in [7, 11) is 1.76. The minimum absolute atomic E-state index is 0.240.